The van der Waals surface area contributed by atoms with Crippen LogP contribution in [0.15, 0.2) is 41.2 Å². The number of nitrogens with zero attached hydrogens (tertiary/aromatic N) is 1. The Labute approximate surface area is 133 Å². The van der Waals surface area contributed by atoms with Crippen molar-refractivity contribution < 1.29 is 0 Å². The molecule has 0 aliphatic carbocycles. The maximum Gasteiger partial charge on any atom is 0.197 e. The summed E-state index contributed by atoms with van der Waals surface area (Å²) in [5.41, 5.74) is 2.44. The fourth-order valence-corrected chi connectivity index (χ4v) is 4.35. The Morgan fingerprint density at radius 2 is 1.86 bits per heavy atom. The predicted molar refractivity (Wildman–Crippen MR) is 95.4 cm³/mol. The Morgan fingerprint density at radius 3 is 2.68 bits per heavy atom. The molecule has 2 aromatic carbocycles. The first-order valence-electron chi connectivity index (χ1n) is 7.66. The van der Waals surface area contributed by atoms with Crippen molar-refractivity contribution in [1.29, 1.82) is 0 Å². The summed E-state index contributed by atoms with van der Waals surface area (Å²) in [7, 11) is 0. The van der Waals surface area contributed by atoms with E-state index in [2.05, 4.69) is 29.3 Å². The molecule has 0 unspecified atom stereocenters. The van der Waals surface area contributed by atoms with Crippen molar-refractivity contribution in [2.75, 3.05) is 31.1 Å². The minimum Gasteiger partial charge on any atom is -0.368 e. The van der Waals surface area contributed by atoms with Gasteiger partial charge in [-0.3, -0.25) is 4.79 Å². The summed E-state index contributed by atoms with van der Waals surface area (Å²) in [6, 6.07) is 12.2. The second-order valence-corrected chi connectivity index (χ2v) is 6.82. The molecule has 1 aromatic heterocycles. The second-order valence-electron chi connectivity index (χ2n) is 5.77. The monoisotopic (exact) mass is 310 g/mol. The standard InChI is InChI=1S/C18H18N2OS/c1-12-6-7-14(20-10-8-19-9-11-20)16-17(21)13-4-2-3-5-15(13)22-18(12)16/h2-7,19H,8-11H2,1H3. The minimum absolute atomic E-state index is 0.168. The van der Waals surface area contributed by atoms with Gasteiger partial charge in [-0.1, -0.05) is 18.2 Å². The molecule has 4 rings (SSSR count). The van der Waals surface area contributed by atoms with Gasteiger partial charge in [0.15, 0.2) is 5.43 Å². The number of aryl methyl sites for hydroxylation is 1. The maximum atomic E-state index is 13.1. The predicted octanol–water partition coefficient (Wildman–Crippen LogP) is 3.13. The number of anilines is 1. The molecule has 1 fully saturated rings. The van der Waals surface area contributed by atoms with E-state index in [9.17, 15) is 4.79 Å². The van der Waals surface area contributed by atoms with Gasteiger partial charge in [0.05, 0.1) is 5.39 Å². The topological polar surface area (TPSA) is 32.3 Å². The van der Waals surface area contributed by atoms with Crippen LogP contribution in [0.1, 0.15) is 5.56 Å². The summed E-state index contributed by atoms with van der Waals surface area (Å²) in [5.74, 6) is 0. The van der Waals surface area contributed by atoms with E-state index < -0.39 is 0 Å². The molecule has 0 bridgehead atoms. The molecule has 2 heterocycles. The van der Waals surface area contributed by atoms with Crippen LogP contribution in [0.2, 0.25) is 0 Å². The third-order valence-electron chi connectivity index (χ3n) is 4.36. The van der Waals surface area contributed by atoms with Crippen LogP contribution in [0, 0.1) is 6.92 Å². The lowest BCUT2D eigenvalue weighted by Crippen LogP contribution is -2.43. The number of piperazine rings is 1. The number of fused-ring (bicyclic) bond motifs is 2. The van der Waals surface area contributed by atoms with Crippen molar-refractivity contribution in [3.8, 4) is 0 Å². The van der Waals surface area contributed by atoms with Crippen molar-refractivity contribution in [2.45, 2.75) is 6.92 Å². The van der Waals surface area contributed by atoms with Crippen molar-refractivity contribution in [3.63, 3.8) is 0 Å². The Balaban J connectivity index is 2.08. The van der Waals surface area contributed by atoms with Crippen molar-refractivity contribution in [1.82, 2.24) is 5.32 Å². The Kier molecular flexibility index (Phi) is 3.36. The summed E-state index contributed by atoms with van der Waals surface area (Å²) < 4.78 is 2.19. The van der Waals surface area contributed by atoms with Gasteiger partial charge in [-0.2, -0.15) is 0 Å². The molecule has 112 valence electrons. The fraction of sp³-hybridized carbons (Fsp3) is 0.278. The minimum atomic E-state index is 0.168. The van der Waals surface area contributed by atoms with Gasteiger partial charge >= 0.3 is 0 Å². The van der Waals surface area contributed by atoms with E-state index in [0.29, 0.717) is 0 Å². The Morgan fingerprint density at radius 1 is 1.09 bits per heavy atom. The molecule has 1 saturated heterocycles. The van der Waals surface area contributed by atoms with E-state index in [1.807, 2.05) is 24.3 Å². The van der Waals surface area contributed by atoms with Gasteiger partial charge in [-0.15, -0.1) is 11.3 Å². The van der Waals surface area contributed by atoms with E-state index in [4.69, 9.17) is 0 Å². The highest BCUT2D eigenvalue weighted by Crippen LogP contribution is 2.33. The van der Waals surface area contributed by atoms with E-state index in [-0.39, 0.29) is 5.43 Å². The number of hydrogen-bond donors (Lipinski definition) is 1. The van der Waals surface area contributed by atoms with Crippen LogP contribution >= 0.6 is 11.3 Å². The van der Waals surface area contributed by atoms with Crippen LogP contribution in [-0.4, -0.2) is 26.2 Å². The van der Waals surface area contributed by atoms with Crippen LogP contribution in [0.5, 0.6) is 0 Å². The van der Waals surface area contributed by atoms with E-state index in [1.165, 1.54) is 5.56 Å². The summed E-state index contributed by atoms with van der Waals surface area (Å²) in [6.45, 7) is 5.94. The lowest BCUT2D eigenvalue weighted by atomic mass is 10.1. The smallest absolute Gasteiger partial charge is 0.197 e. The van der Waals surface area contributed by atoms with Gasteiger partial charge < -0.3 is 10.2 Å². The number of benzene rings is 2. The Hall–Kier alpha value is -1.91. The average molecular weight is 310 g/mol. The highest BCUT2D eigenvalue weighted by atomic mass is 32.1. The first-order chi connectivity index (χ1) is 10.8. The van der Waals surface area contributed by atoms with E-state index in [1.54, 1.807) is 11.3 Å². The number of hydrogen-bond acceptors (Lipinski definition) is 4. The summed E-state index contributed by atoms with van der Waals surface area (Å²) in [5, 5.41) is 5.10. The fourth-order valence-electron chi connectivity index (χ4n) is 3.18. The number of rotatable bonds is 1. The van der Waals surface area contributed by atoms with Gasteiger partial charge in [-0.05, 0) is 30.7 Å². The zero-order chi connectivity index (χ0) is 15.1. The largest absolute Gasteiger partial charge is 0.368 e. The quantitative estimate of drug-likeness (QED) is 0.701. The lowest BCUT2D eigenvalue weighted by molar-refractivity contribution is 0.590. The third kappa shape index (κ3) is 2.11. The van der Waals surface area contributed by atoms with Crippen LogP contribution in [0.3, 0.4) is 0 Å². The molecule has 0 spiro atoms. The van der Waals surface area contributed by atoms with Gasteiger partial charge in [-0.25, -0.2) is 0 Å². The highest BCUT2D eigenvalue weighted by Gasteiger charge is 2.17. The Bertz CT molecular complexity index is 910. The second kappa shape index (κ2) is 5.38. The SMILES string of the molecule is Cc1ccc(N2CCNCC2)c2c(=O)c3ccccc3sc12. The first kappa shape index (κ1) is 13.7. The van der Waals surface area contributed by atoms with Gasteiger partial charge in [0.1, 0.15) is 0 Å². The molecule has 0 atom stereocenters. The molecule has 3 nitrogen and oxygen atoms in total. The van der Waals surface area contributed by atoms with E-state index in [0.717, 1.165) is 52.0 Å². The molecule has 3 aromatic rings. The van der Waals surface area contributed by atoms with Gasteiger partial charge in [0, 0.05) is 46.7 Å². The van der Waals surface area contributed by atoms with Gasteiger partial charge in [0.2, 0.25) is 0 Å². The van der Waals surface area contributed by atoms with Crippen molar-refractivity contribution in [3.05, 3.63) is 52.2 Å². The highest BCUT2D eigenvalue weighted by molar-refractivity contribution is 7.24. The number of nitrogens with one attached hydrogen (secondary N) is 1. The lowest BCUT2D eigenvalue weighted by Gasteiger charge is -2.30. The summed E-state index contributed by atoms with van der Waals surface area (Å²) >= 11 is 1.73. The van der Waals surface area contributed by atoms with Crippen LogP contribution < -0.4 is 15.6 Å². The van der Waals surface area contributed by atoms with Crippen molar-refractivity contribution >= 4 is 37.2 Å². The molecule has 1 aliphatic rings. The molecule has 0 amide bonds. The zero-order valence-corrected chi connectivity index (χ0v) is 13.4. The molecule has 0 radical (unpaired) electrons. The molecular formula is C18H18N2OS. The van der Waals surface area contributed by atoms with Crippen molar-refractivity contribution in [2.24, 2.45) is 0 Å². The maximum absolute atomic E-state index is 13.1. The van der Waals surface area contributed by atoms with Crippen LogP contribution in [0.4, 0.5) is 5.69 Å². The summed E-state index contributed by atoms with van der Waals surface area (Å²) in [6.07, 6.45) is 0. The normalized spacial score (nSPS) is 15.6. The zero-order valence-electron chi connectivity index (χ0n) is 12.6. The molecule has 0 saturated carbocycles. The third-order valence-corrected chi connectivity index (χ3v) is 5.67. The van der Waals surface area contributed by atoms with E-state index >= 15 is 0 Å². The molecule has 4 heteroatoms. The average Bonchev–Trinajstić information content (AvgIpc) is 2.57. The first-order valence-corrected chi connectivity index (χ1v) is 8.48. The molecule has 22 heavy (non-hydrogen) atoms. The van der Waals surface area contributed by atoms with Crippen LogP contribution in [-0.2, 0) is 0 Å². The summed E-state index contributed by atoms with van der Waals surface area (Å²) in [4.78, 5) is 15.4. The van der Waals surface area contributed by atoms with Gasteiger partial charge in [0.25, 0.3) is 0 Å². The van der Waals surface area contributed by atoms with Crippen LogP contribution in [0.25, 0.3) is 20.2 Å². The molecule has 1 N–H and O–H groups in total. The molecular weight excluding hydrogens is 292 g/mol. The molecule has 1 aliphatic heterocycles.